The molecule has 12 heteroatoms. The molecule has 0 saturated carbocycles. The maximum absolute atomic E-state index is 14.5. The Kier molecular flexibility index (Phi) is 11.0. The van der Waals surface area contributed by atoms with Gasteiger partial charge in [0, 0.05) is 26.8 Å². The summed E-state index contributed by atoms with van der Waals surface area (Å²) in [5.41, 5.74) is 4.57. The topological polar surface area (TPSA) is 113 Å². The van der Waals surface area contributed by atoms with Gasteiger partial charge in [0.05, 0.1) is 36.9 Å². The standard InChI is InChI=1S/C38H31I2N3O6S/c1-4-48-37(45)32-33(25-8-6-5-7-9-25)41-38-42(34(32)26-14-12-24(13-15-26)22(2)3)36(44)31(50-38)19-27-18-28(39)20-30(40)35(27)49-21-23-10-16-29(17-11-23)43(46)47/h5-20,22,34H,4,21H2,1-3H3/b31-19-/t34-/m1/s1. The first kappa shape index (κ1) is 35.7. The van der Waals surface area contributed by atoms with Crippen molar-refractivity contribution in [3.05, 3.63) is 161 Å². The van der Waals surface area contributed by atoms with Crippen molar-refractivity contribution in [3.63, 3.8) is 0 Å². The number of ether oxygens (including phenoxy) is 2. The highest BCUT2D eigenvalue weighted by Gasteiger charge is 2.35. The summed E-state index contributed by atoms with van der Waals surface area (Å²) in [6, 6.07) is 26.8. The van der Waals surface area contributed by atoms with E-state index in [-0.39, 0.29) is 24.5 Å². The highest BCUT2D eigenvalue weighted by molar-refractivity contribution is 14.1. The fourth-order valence-corrected chi connectivity index (χ4v) is 8.71. The summed E-state index contributed by atoms with van der Waals surface area (Å²) < 4.78 is 15.7. The number of fused-ring (bicyclic) bond motifs is 1. The number of hydrogen-bond acceptors (Lipinski definition) is 8. The number of benzene rings is 4. The first-order chi connectivity index (χ1) is 24.0. The molecule has 0 aliphatic carbocycles. The molecule has 1 aliphatic rings. The van der Waals surface area contributed by atoms with Crippen molar-refractivity contribution in [2.45, 2.75) is 39.3 Å². The van der Waals surface area contributed by atoms with Gasteiger partial charge in [0.1, 0.15) is 12.4 Å². The molecular formula is C38H31I2N3O6S. The molecule has 5 aromatic rings. The summed E-state index contributed by atoms with van der Waals surface area (Å²) in [5.74, 6) is 0.351. The zero-order valence-electron chi connectivity index (χ0n) is 27.3. The van der Waals surface area contributed by atoms with E-state index in [1.807, 2.05) is 66.7 Å². The predicted octanol–water partition coefficient (Wildman–Crippen LogP) is 7.76. The second-order valence-corrected chi connectivity index (χ2v) is 15.2. The first-order valence-electron chi connectivity index (χ1n) is 15.8. The van der Waals surface area contributed by atoms with Crippen LogP contribution in [0.5, 0.6) is 5.75 Å². The Hall–Kier alpha value is -4.15. The van der Waals surface area contributed by atoms with Gasteiger partial charge in [-0.1, -0.05) is 79.8 Å². The van der Waals surface area contributed by atoms with Crippen LogP contribution in [0, 0.1) is 17.3 Å². The number of nitrogens with zero attached hydrogens (tertiary/aromatic N) is 3. The summed E-state index contributed by atoms with van der Waals surface area (Å²) in [5, 5.41) is 11.1. The molecule has 1 atom stereocenters. The molecule has 9 nitrogen and oxygen atoms in total. The number of aromatic nitrogens is 1. The fourth-order valence-electron chi connectivity index (χ4n) is 5.67. The number of carbonyl (C=O) groups is 1. The van der Waals surface area contributed by atoms with E-state index in [4.69, 9.17) is 14.5 Å². The van der Waals surface area contributed by atoms with Crippen molar-refractivity contribution in [1.29, 1.82) is 0 Å². The largest absolute Gasteiger partial charge is 0.487 e. The van der Waals surface area contributed by atoms with Gasteiger partial charge < -0.3 is 9.47 Å². The van der Waals surface area contributed by atoms with Crippen LogP contribution in [0.25, 0.3) is 11.8 Å². The molecule has 1 aliphatic heterocycles. The fraction of sp³-hybridized carbons (Fsp3) is 0.184. The number of halogens is 2. The van der Waals surface area contributed by atoms with Crippen molar-refractivity contribution in [2.75, 3.05) is 6.61 Å². The Bertz CT molecular complexity index is 2300. The smallest absolute Gasteiger partial charge is 0.338 e. The Labute approximate surface area is 319 Å². The number of non-ortho nitro benzene ring substituents is 1. The number of nitro benzene ring substituents is 1. The molecule has 0 N–H and O–H groups in total. The summed E-state index contributed by atoms with van der Waals surface area (Å²) >= 11 is 5.68. The molecule has 0 fully saturated rings. The quantitative estimate of drug-likeness (QED) is 0.0614. The molecule has 0 spiro atoms. The molecule has 0 unspecified atom stereocenters. The zero-order valence-corrected chi connectivity index (χ0v) is 32.4. The van der Waals surface area contributed by atoms with E-state index in [2.05, 4.69) is 59.0 Å². The molecule has 0 bridgehead atoms. The van der Waals surface area contributed by atoms with E-state index in [1.54, 1.807) is 29.7 Å². The lowest BCUT2D eigenvalue weighted by Crippen LogP contribution is -2.40. The normalized spacial score (nSPS) is 14.4. The zero-order chi connectivity index (χ0) is 35.5. The van der Waals surface area contributed by atoms with Crippen LogP contribution in [0.3, 0.4) is 0 Å². The van der Waals surface area contributed by atoms with Gasteiger partial charge in [-0.3, -0.25) is 19.5 Å². The monoisotopic (exact) mass is 911 g/mol. The van der Waals surface area contributed by atoms with Gasteiger partial charge in [-0.25, -0.2) is 9.79 Å². The van der Waals surface area contributed by atoms with Crippen LogP contribution in [0.15, 0.2) is 106 Å². The third kappa shape index (κ3) is 7.47. The highest BCUT2D eigenvalue weighted by atomic mass is 127. The van der Waals surface area contributed by atoms with Crippen LogP contribution in [-0.4, -0.2) is 22.1 Å². The molecule has 6 rings (SSSR count). The maximum Gasteiger partial charge on any atom is 0.338 e. The lowest BCUT2D eigenvalue weighted by molar-refractivity contribution is -0.384. The molecule has 254 valence electrons. The van der Waals surface area contributed by atoms with Gasteiger partial charge >= 0.3 is 5.97 Å². The van der Waals surface area contributed by atoms with Crippen LogP contribution < -0.4 is 19.6 Å². The van der Waals surface area contributed by atoms with Crippen molar-refractivity contribution in [3.8, 4) is 5.75 Å². The predicted molar refractivity (Wildman–Crippen MR) is 211 cm³/mol. The van der Waals surface area contributed by atoms with Crippen molar-refractivity contribution in [2.24, 2.45) is 4.99 Å². The van der Waals surface area contributed by atoms with E-state index in [1.165, 1.54) is 23.5 Å². The van der Waals surface area contributed by atoms with Crippen molar-refractivity contribution >= 4 is 79.9 Å². The Balaban J connectivity index is 1.52. The highest BCUT2D eigenvalue weighted by Crippen LogP contribution is 2.36. The summed E-state index contributed by atoms with van der Waals surface area (Å²) in [7, 11) is 0. The molecule has 0 amide bonds. The molecule has 1 aromatic heterocycles. The minimum Gasteiger partial charge on any atom is -0.487 e. The van der Waals surface area contributed by atoms with Gasteiger partial charge in [-0.2, -0.15) is 0 Å². The van der Waals surface area contributed by atoms with Gasteiger partial charge in [0.2, 0.25) is 0 Å². The Morgan fingerprint density at radius 3 is 2.38 bits per heavy atom. The number of hydrogen-bond donors (Lipinski definition) is 0. The molecular weight excluding hydrogens is 880 g/mol. The maximum atomic E-state index is 14.5. The van der Waals surface area contributed by atoms with Crippen LogP contribution >= 0.6 is 56.5 Å². The molecule has 50 heavy (non-hydrogen) atoms. The summed E-state index contributed by atoms with van der Waals surface area (Å²) in [6.07, 6.45) is 1.80. The average Bonchev–Trinajstić information content (AvgIpc) is 3.41. The second-order valence-electron chi connectivity index (χ2n) is 11.8. The van der Waals surface area contributed by atoms with Gasteiger partial charge in [0.15, 0.2) is 4.80 Å². The van der Waals surface area contributed by atoms with Crippen LogP contribution in [0.1, 0.15) is 60.5 Å². The average molecular weight is 912 g/mol. The molecule has 0 radical (unpaired) electrons. The van der Waals surface area contributed by atoms with Gasteiger partial charge in [-0.05, 0) is 105 Å². The molecule has 0 saturated heterocycles. The Morgan fingerprint density at radius 1 is 1.04 bits per heavy atom. The third-order valence-corrected chi connectivity index (χ3v) is 10.6. The van der Waals surface area contributed by atoms with E-state index in [0.717, 1.165) is 29.4 Å². The number of nitro groups is 1. The first-order valence-corrected chi connectivity index (χ1v) is 18.8. The summed E-state index contributed by atoms with van der Waals surface area (Å²) in [6.45, 7) is 6.33. The number of esters is 1. The summed E-state index contributed by atoms with van der Waals surface area (Å²) in [4.78, 5) is 44.4. The SMILES string of the molecule is CCOC(=O)C1=C(c2ccccc2)N=c2s/c(=C\c3cc(I)cc(I)c3OCc3ccc([N+](=O)[O-])cc3)c(=O)n2[C@@H]1c1ccc(C(C)C)cc1. The van der Waals surface area contributed by atoms with E-state index < -0.39 is 16.9 Å². The van der Waals surface area contributed by atoms with E-state index in [0.29, 0.717) is 37.8 Å². The van der Waals surface area contributed by atoms with Crippen LogP contribution in [-0.2, 0) is 16.1 Å². The van der Waals surface area contributed by atoms with Crippen molar-refractivity contribution in [1.82, 2.24) is 4.57 Å². The number of thiazole rings is 1. The van der Waals surface area contributed by atoms with Gasteiger partial charge in [-0.15, -0.1) is 0 Å². The van der Waals surface area contributed by atoms with Crippen molar-refractivity contribution < 1.29 is 19.2 Å². The molecule has 4 aromatic carbocycles. The minimum atomic E-state index is -0.780. The minimum absolute atomic E-state index is 0.00404. The third-order valence-electron chi connectivity index (χ3n) is 8.15. The van der Waals surface area contributed by atoms with Crippen LogP contribution in [0.2, 0.25) is 0 Å². The Morgan fingerprint density at radius 2 is 1.74 bits per heavy atom. The van der Waals surface area contributed by atoms with E-state index in [9.17, 15) is 19.7 Å². The lowest BCUT2D eigenvalue weighted by Gasteiger charge is -2.26. The molecule has 2 heterocycles. The lowest BCUT2D eigenvalue weighted by atomic mass is 9.91. The van der Waals surface area contributed by atoms with Gasteiger partial charge in [0.25, 0.3) is 11.2 Å². The number of rotatable bonds is 10. The second kappa shape index (κ2) is 15.4. The number of carbonyl (C=O) groups excluding carboxylic acids is 1. The van der Waals surface area contributed by atoms with E-state index >= 15 is 0 Å². The van der Waals surface area contributed by atoms with Crippen LogP contribution in [0.4, 0.5) is 5.69 Å².